The van der Waals surface area contributed by atoms with E-state index in [0.29, 0.717) is 37.1 Å². The number of likely N-dealkylation sites (tertiary alicyclic amines) is 1. The minimum absolute atomic E-state index is 0.0233. The zero-order chi connectivity index (χ0) is 21.4. The van der Waals surface area contributed by atoms with Crippen LogP contribution in [0.5, 0.6) is 0 Å². The van der Waals surface area contributed by atoms with Gasteiger partial charge in [0.1, 0.15) is 0 Å². The summed E-state index contributed by atoms with van der Waals surface area (Å²) in [5.74, 6) is 0.199. The van der Waals surface area contributed by atoms with Crippen molar-refractivity contribution in [3.05, 3.63) is 83.9 Å². The van der Waals surface area contributed by atoms with E-state index in [0.717, 1.165) is 16.8 Å². The molecule has 7 nitrogen and oxygen atoms in total. The van der Waals surface area contributed by atoms with Crippen LogP contribution in [0, 0.1) is 0 Å². The van der Waals surface area contributed by atoms with Crippen molar-refractivity contribution in [2.24, 2.45) is 0 Å². The van der Waals surface area contributed by atoms with Crippen LogP contribution in [-0.4, -0.2) is 43.6 Å². The fourth-order valence-corrected chi connectivity index (χ4v) is 4.22. The van der Waals surface area contributed by atoms with Crippen molar-refractivity contribution in [1.29, 1.82) is 0 Å². The third-order valence-electron chi connectivity index (χ3n) is 5.99. The van der Waals surface area contributed by atoms with Gasteiger partial charge in [0, 0.05) is 24.2 Å². The summed E-state index contributed by atoms with van der Waals surface area (Å²) in [7, 11) is 0. The molecule has 0 aliphatic carbocycles. The molecule has 3 heterocycles. The highest BCUT2D eigenvalue weighted by Crippen LogP contribution is 2.33. The van der Waals surface area contributed by atoms with E-state index < -0.39 is 5.60 Å². The monoisotopic (exact) mass is 413 g/mol. The Morgan fingerprint density at radius 3 is 2.35 bits per heavy atom. The molecule has 2 aromatic heterocycles. The molecule has 1 amide bonds. The number of carbonyl (C=O) groups excluding carboxylic acids is 1. The molecule has 1 fully saturated rings. The van der Waals surface area contributed by atoms with Crippen molar-refractivity contribution < 1.29 is 9.90 Å². The molecule has 0 bridgehead atoms. The molecule has 0 saturated carbocycles. The molecular formula is C24H23N5O2. The molecule has 0 unspecified atom stereocenters. The second-order valence-electron chi connectivity index (χ2n) is 7.92. The van der Waals surface area contributed by atoms with Crippen molar-refractivity contribution in [2.75, 3.05) is 18.8 Å². The van der Waals surface area contributed by atoms with Crippen molar-refractivity contribution >= 4 is 17.5 Å². The maximum absolute atomic E-state index is 13.0. The summed E-state index contributed by atoms with van der Waals surface area (Å²) in [4.78, 5) is 19.0. The number of carbonyl (C=O) groups is 1. The molecule has 1 aliphatic rings. The number of pyridine rings is 1. The highest BCUT2D eigenvalue weighted by molar-refractivity contribution is 5.94. The zero-order valence-electron chi connectivity index (χ0n) is 17.0. The van der Waals surface area contributed by atoms with Crippen LogP contribution in [0.2, 0.25) is 0 Å². The summed E-state index contributed by atoms with van der Waals surface area (Å²) in [6.07, 6.45) is 1.05. The normalized spacial score (nSPS) is 15.8. The first kappa shape index (κ1) is 19.3. The second kappa shape index (κ2) is 7.52. The van der Waals surface area contributed by atoms with Gasteiger partial charge < -0.3 is 15.7 Å². The lowest BCUT2D eigenvalue weighted by Gasteiger charge is -2.38. The molecule has 1 aliphatic heterocycles. The van der Waals surface area contributed by atoms with Crippen molar-refractivity contribution in [1.82, 2.24) is 19.5 Å². The van der Waals surface area contributed by atoms with Crippen LogP contribution in [0.1, 0.15) is 28.8 Å². The van der Waals surface area contributed by atoms with Crippen molar-refractivity contribution in [3.8, 4) is 11.3 Å². The van der Waals surface area contributed by atoms with E-state index in [1.165, 1.54) is 0 Å². The first-order valence-electron chi connectivity index (χ1n) is 10.3. The van der Waals surface area contributed by atoms with Crippen LogP contribution >= 0.6 is 0 Å². The van der Waals surface area contributed by atoms with Gasteiger partial charge in [0.05, 0.1) is 11.3 Å². The Morgan fingerprint density at radius 2 is 1.65 bits per heavy atom. The Balaban J connectivity index is 1.32. The number of nitrogens with zero attached hydrogens (tertiary/aromatic N) is 4. The molecule has 0 atom stereocenters. The van der Waals surface area contributed by atoms with Gasteiger partial charge in [-0.05, 0) is 42.7 Å². The number of fused-ring (bicyclic) bond motifs is 1. The predicted octanol–water partition coefficient (Wildman–Crippen LogP) is 3.10. The fraction of sp³-hybridized carbons (Fsp3) is 0.208. The average molecular weight is 413 g/mol. The number of benzene rings is 2. The van der Waals surface area contributed by atoms with E-state index in [9.17, 15) is 9.90 Å². The first-order chi connectivity index (χ1) is 15.0. The lowest BCUT2D eigenvalue weighted by Crippen LogP contribution is -2.45. The first-order valence-corrected chi connectivity index (χ1v) is 10.3. The number of aromatic nitrogens is 3. The maximum atomic E-state index is 13.0. The molecule has 0 radical (unpaired) electrons. The Bertz CT molecular complexity index is 1230. The number of aliphatic hydroxyl groups is 1. The number of nitrogen functional groups attached to an aromatic ring is 1. The number of hydrogen-bond donors (Lipinski definition) is 2. The van der Waals surface area contributed by atoms with Gasteiger partial charge >= 0.3 is 0 Å². The molecule has 3 N–H and O–H groups in total. The van der Waals surface area contributed by atoms with Crippen LogP contribution in [0.15, 0.2) is 72.8 Å². The third kappa shape index (κ3) is 3.53. The molecule has 1 saturated heterocycles. The zero-order valence-corrected chi connectivity index (χ0v) is 17.0. The van der Waals surface area contributed by atoms with Gasteiger partial charge in [-0.2, -0.15) is 4.98 Å². The average Bonchev–Trinajstić information content (AvgIpc) is 3.20. The van der Waals surface area contributed by atoms with Gasteiger partial charge in [-0.1, -0.05) is 48.5 Å². The van der Waals surface area contributed by atoms with Gasteiger partial charge in [0.2, 0.25) is 5.95 Å². The van der Waals surface area contributed by atoms with Crippen LogP contribution in [0.25, 0.3) is 16.9 Å². The van der Waals surface area contributed by atoms with Crippen molar-refractivity contribution in [2.45, 2.75) is 18.4 Å². The summed E-state index contributed by atoms with van der Waals surface area (Å²) >= 11 is 0. The minimum atomic E-state index is -0.875. The summed E-state index contributed by atoms with van der Waals surface area (Å²) < 4.78 is 1.70. The van der Waals surface area contributed by atoms with Gasteiger partial charge in [-0.3, -0.25) is 4.79 Å². The van der Waals surface area contributed by atoms with Crippen LogP contribution in [0.3, 0.4) is 0 Å². The molecule has 7 heteroatoms. The summed E-state index contributed by atoms with van der Waals surface area (Å²) in [5.41, 5.74) is 8.84. The molecule has 5 rings (SSSR count). The van der Waals surface area contributed by atoms with E-state index in [2.05, 4.69) is 10.1 Å². The van der Waals surface area contributed by atoms with Crippen LogP contribution in [-0.2, 0) is 5.60 Å². The molecule has 4 aromatic rings. The van der Waals surface area contributed by atoms with E-state index in [-0.39, 0.29) is 11.9 Å². The molecule has 31 heavy (non-hydrogen) atoms. The third-order valence-corrected chi connectivity index (χ3v) is 5.99. The summed E-state index contributed by atoms with van der Waals surface area (Å²) in [6, 6.07) is 22.8. The van der Waals surface area contributed by atoms with E-state index in [1.54, 1.807) is 4.52 Å². The van der Waals surface area contributed by atoms with Gasteiger partial charge in [-0.25, -0.2) is 4.52 Å². The van der Waals surface area contributed by atoms with Crippen LogP contribution in [0.4, 0.5) is 5.95 Å². The topological polar surface area (TPSA) is 96.8 Å². The highest BCUT2D eigenvalue weighted by atomic mass is 16.3. The Kier molecular flexibility index (Phi) is 4.67. The number of nitrogens with two attached hydrogens (primary N) is 1. The molecular weight excluding hydrogens is 390 g/mol. The number of anilines is 1. The van der Waals surface area contributed by atoms with E-state index >= 15 is 0 Å². The van der Waals surface area contributed by atoms with Gasteiger partial charge in [0.15, 0.2) is 5.65 Å². The molecule has 0 spiro atoms. The fourth-order valence-electron chi connectivity index (χ4n) is 4.22. The number of amides is 1. The van der Waals surface area contributed by atoms with Gasteiger partial charge in [-0.15, -0.1) is 5.10 Å². The number of hydrogen-bond acceptors (Lipinski definition) is 5. The smallest absolute Gasteiger partial charge is 0.253 e. The predicted molar refractivity (Wildman–Crippen MR) is 118 cm³/mol. The number of rotatable bonds is 3. The number of piperidine rings is 1. The SMILES string of the molecule is Nc1nc2cccc(-c3ccc(C(=O)N4CCC(O)(c5ccccc5)CC4)cc3)n2n1. The minimum Gasteiger partial charge on any atom is -0.385 e. The lowest BCUT2D eigenvalue weighted by atomic mass is 9.84. The Morgan fingerprint density at radius 1 is 0.935 bits per heavy atom. The lowest BCUT2D eigenvalue weighted by molar-refractivity contribution is -0.0211. The second-order valence-corrected chi connectivity index (χ2v) is 7.92. The quantitative estimate of drug-likeness (QED) is 0.538. The highest BCUT2D eigenvalue weighted by Gasteiger charge is 2.35. The van der Waals surface area contributed by atoms with Gasteiger partial charge in [0.25, 0.3) is 5.91 Å². The summed E-state index contributed by atoms with van der Waals surface area (Å²) in [5, 5.41) is 15.2. The van der Waals surface area contributed by atoms with Crippen molar-refractivity contribution in [3.63, 3.8) is 0 Å². The molecule has 2 aromatic carbocycles. The summed E-state index contributed by atoms with van der Waals surface area (Å²) in [6.45, 7) is 1.03. The Hall–Kier alpha value is -3.71. The maximum Gasteiger partial charge on any atom is 0.253 e. The standard InChI is InChI=1S/C24H23N5O2/c25-23-26-21-8-4-7-20(29(21)27-23)17-9-11-18(12-10-17)22(30)28-15-13-24(31,14-16-28)19-5-2-1-3-6-19/h1-12,31H,13-16H2,(H2,25,27). The van der Waals surface area contributed by atoms with E-state index in [4.69, 9.17) is 5.73 Å². The largest absolute Gasteiger partial charge is 0.385 e. The van der Waals surface area contributed by atoms with Crippen LogP contribution < -0.4 is 5.73 Å². The van der Waals surface area contributed by atoms with E-state index in [1.807, 2.05) is 77.7 Å². The molecule has 156 valence electrons. The Labute approximate surface area is 179 Å².